The molecule has 0 aliphatic carbocycles. The van der Waals surface area contributed by atoms with E-state index in [0.29, 0.717) is 110 Å². The average Bonchev–Trinajstić information content (AvgIpc) is 0.810. The summed E-state index contributed by atoms with van der Waals surface area (Å²) < 4.78 is 85.7. The Morgan fingerprint density at radius 1 is 0.365 bits per heavy atom. The monoisotopic (exact) mass is 1990 g/mol. The number of carboxylic acid groups (broad SMARTS) is 1. The SMILES string of the molecule is COC(=O)c1ncnc(N)c1CN(Cc1c(OC)cc(OC)cc1OC)C(=O)OC(C)(C)C.COc1cc(OC)c(CN(Cc2c(N)ncnc2C(=O)O)C(=O)OC(C)(C)C)c(OC)c1.COc1cc(OC)c(CN(Cc2c(N)ncnc2Cl)C(=O)OC(C)(C)C)c(OC)c1.COc1cc(OC)c(CN)c(OC)c1.Nc1ncnc(Cl)c1C=O.O=Cc1c(Cl)ncnc1Cl.O=c1cc(O)nc[nH]1. The maximum Gasteiger partial charge on any atom is 0.410 e. The van der Waals surface area contributed by atoms with E-state index >= 15 is 0 Å². The fraction of sp³-hybridized carbons (Fsp3) is 0.368. The Balaban J connectivity index is 0.000000354. The molecule has 0 aliphatic rings. The van der Waals surface area contributed by atoms with Gasteiger partial charge in [-0.05, 0) is 62.3 Å². The number of aldehydes is 2. The highest BCUT2D eigenvalue weighted by Gasteiger charge is 2.33. The number of anilines is 4. The molecule has 6 aromatic heterocycles. The molecule has 0 radical (unpaired) electrons. The number of ether oxygens (including phenoxy) is 16. The molecule has 50 heteroatoms. The minimum atomic E-state index is -1.29. The third kappa shape index (κ3) is 35.4. The number of benzene rings is 4. The smallest absolute Gasteiger partial charge is 0.410 e. The van der Waals surface area contributed by atoms with Gasteiger partial charge in [-0.25, -0.2) is 78.8 Å². The molecule has 3 amide bonds. The number of amides is 3. The molecule has 0 spiro atoms. The van der Waals surface area contributed by atoms with Gasteiger partial charge in [-0.1, -0.05) is 46.4 Å². The summed E-state index contributed by atoms with van der Waals surface area (Å²) in [5, 5.41) is 18.4. The van der Waals surface area contributed by atoms with Gasteiger partial charge in [0.05, 0.1) is 177 Å². The van der Waals surface area contributed by atoms with Gasteiger partial charge in [-0.15, -0.1) is 0 Å². The third-order valence-electron chi connectivity index (χ3n) is 17.5. The highest BCUT2D eigenvalue weighted by Crippen LogP contribution is 2.41. The van der Waals surface area contributed by atoms with Gasteiger partial charge >= 0.3 is 30.2 Å². The van der Waals surface area contributed by atoms with Crippen LogP contribution in [0.2, 0.25) is 20.6 Å². The Kier molecular flexibility index (Phi) is 45.9. The standard InChI is InChI=1S/C22H30N4O7.C21H28N4O7.C20H27ClN4O5.C10H15NO3.C5H2Cl2N2O.C5H4ClN3O.C4H4N2O2/c1-22(2,3)33-21(28)26(11-15-18(20(27)32-7)24-12-25-19(15)23)10-14-16(30-5)8-13(29-4)9-17(14)31-6;1-21(2,3)32-20(28)25(10-14-17(19(26)27)23-11-24-18(14)22)9-13-15(30-5)7-12(29-4)8-16(13)31-6;1-20(2,3)30-19(26)25(10-14-17(21)23-11-24-18(14)22)9-13-15(28-5)7-12(27-4)8-16(13)29-6;1-12-7-4-9(13-2)8(6-11)10(5-7)14-3;2*6-4-3(1-10)5(7)9-2-8-4;7-3-1-4(8)6-2-5-3/h8-9,12H,10-11H2,1-7H3,(H2,23,24,25);7-8,11H,9-10H2,1-6H3,(H,26,27)(H2,22,23,24);7-8,11H,9-10H2,1-6H3,(H2,22,23,24);4-5H,6,11H2,1-3H3;1-2H;1-2H,(H2,7,8,9);1-2H,(H2,5,6,7,8). The second-order valence-corrected chi connectivity index (χ2v) is 31.5. The zero-order chi connectivity index (χ0) is 103. The topological polar surface area (TPSA) is 622 Å². The number of H-pyrrole nitrogens is 1. The molecule has 0 bridgehead atoms. The molecule has 10 rings (SSSR count). The van der Waals surface area contributed by atoms with Crippen LogP contribution in [0, 0.1) is 0 Å². The lowest BCUT2D eigenvalue weighted by Crippen LogP contribution is -2.37. The van der Waals surface area contributed by atoms with Crippen LogP contribution in [0.3, 0.4) is 0 Å². The average molecular weight is 1990 g/mol. The first-order chi connectivity index (χ1) is 64.7. The molecule has 0 saturated carbocycles. The van der Waals surface area contributed by atoms with Crippen molar-refractivity contribution >= 4 is 112 Å². The quantitative estimate of drug-likeness (QED) is 0.00934. The lowest BCUT2D eigenvalue weighted by molar-refractivity contribution is 0.0203. The van der Waals surface area contributed by atoms with Crippen LogP contribution in [0.25, 0.3) is 0 Å². The first-order valence-corrected chi connectivity index (χ1v) is 41.3. The zero-order valence-electron chi connectivity index (χ0n) is 79.1. The van der Waals surface area contributed by atoms with E-state index < -0.39 is 47.0 Å². The Bertz CT molecular complexity index is 5580. The summed E-state index contributed by atoms with van der Waals surface area (Å²) in [5.74, 6) is 4.31. The molecular formula is C87H110Cl4N20O26. The fourth-order valence-electron chi connectivity index (χ4n) is 11.1. The van der Waals surface area contributed by atoms with E-state index in [4.69, 9.17) is 156 Å². The molecule has 0 unspecified atom stereocenters. The highest BCUT2D eigenvalue weighted by molar-refractivity contribution is 6.37. The van der Waals surface area contributed by atoms with Gasteiger partial charge < -0.3 is 120 Å². The molecule has 4 aromatic carbocycles. The number of nitrogens with one attached hydrogen (secondary N) is 1. The number of carbonyl (C=O) groups excluding carboxylic acids is 6. The van der Waals surface area contributed by atoms with Gasteiger partial charge in [0.25, 0.3) is 5.56 Å². The van der Waals surface area contributed by atoms with Crippen LogP contribution in [0.5, 0.6) is 74.9 Å². The second-order valence-electron chi connectivity index (χ2n) is 30.1. The molecule has 0 atom stereocenters. The van der Waals surface area contributed by atoms with Gasteiger partial charge in [-0.3, -0.25) is 29.1 Å². The number of hydrogen-bond donors (Lipinski definition) is 8. The molecule has 0 aliphatic heterocycles. The van der Waals surface area contributed by atoms with E-state index in [1.165, 1.54) is 97.7 Å². The molecule has 6 heterocycles. The van der Waals surface area contributed by atoms with Crippen molar-refractivity contribution < 1.29 is 120 Å². The normalized spacial score (nSPS) is 10.5. The lowest BCUT2D eigenvalue weighted by atomic mass is 10.1. The zero-order valence-corrected chi connectivity index (χ0v) is 82.1. The van der Waals surface area contributed by atoms with Crippen LogP contribution in [-0.2, 0) is 64.8 Å². The Labute approximate surface area is 808 Å². The van der Waals surface area contributed by atoms with E-state index in [1.54, 1.807) is 139 Å². The minimum Gasteiger partial charge on any atom is -0.496 e. The summed E-state index contributed by atoms with van der Waals surface area (Å²) in [5.41, 5.74) is 29.3. The van der Waals surface area contributed by atoms with Crippen molar-refractivity contribution in [1.29, 1.82) is 0 Å². The number of nitrogens with zero attached hydrogens (tertiary/aromatic N) is 14. The summed E-state index contributed by atoms with van der Waals surface area (Å²) in [6.07, 6.45) is 6.12. The molecular weight excluding hydrogens is 1880 g/mol. The predicted octanol–water partition coefficient (Wildman–Crippen LogP) is 12.0. The number of hydrogen-bond acceptors (Lipinski definition) is 41. The van der Waals surface area contributed by atoms with Crippen LogP contribution in [0.4, 0.5) is 37.7 Å². The molecule has 46 nitrogen and oxygen atoms in total. The molecule has 13 N–H and O–H groups in total. The number of aromatic hydroxyl groups is 1. The van der Waals surface area contributed by atoms with Gasteiger partial charge in [0, 0.05) is 71.8 Å². The maximum atomic E-state index is 13.2. The van der Waals surface area contributed by atoms with Crippen molar-refractivity contribution in [2.24, 2.45) is 5.73 Å². The second kappa shape index (κ2) is 55.0. The van der Waals surface area contributed by atoms with Crippen LogP contribution >= 0.6 is 46.4 Å². The van der Waals surface area contributed by atoms with Crippen molar-refractivity contribution in [2.45, 2.75) is 125 Å². The van der Waals surface area contributed by atoms with E-state index in [2.05, 4.69) is 59.8 Å². The van der Waals surface area contributed by atoms with Gasteiger partial charge in [0.2, 0.25) is 5.88 Å². The van der Waals surface area contributed by atoms with Gasteiger partial charge in [0.1, 0.15) is 161 Å². The van der Waals surface area contributed by atoms with Crippen LogP contribution in [0.15, 0.2) is 97.4 Å². The number of esters is 1. The summed E-state index contributed by atoms with van der Waals surface area (Å²) in [6.45, 7) is 15.9. The largest absolute Gasteiger partial charge is 0.496 e. The van der Waals surface area contributed by atoms with Crippen molar-refractivity contribution in [3.63, 3.8) is 0 Å². The van der Waals surface area contributed by atoms with Crippen LogP contribution in [-0.4, -0.2) is 237 Å². The predicted molar refractivity (Wildman–Crippen MR) is 502 cm³/mol. The van der Waals surface area contributed by atoms with E-state index in [1.807, 2.05) is 0 Å². The van der Waals surface area contributed by atoms with E-state index in [0.717, 1.165) is 30.6 Å². The van der Waals surface area contributed by atoms with Gasteiger partial charge in [-0.2, -0.15) is 0 Å². The number of aromatic carboxylic acids is 1. The number of carboxylic acids is 1. The van der Waals surface area contributed by atoms with Crippen molar-refractivity contribution in [2.75, 3.05) is 115 Å². The summed E-state index contributed by atoms with van der Waals surface area (Å²) in [6, 6.07) is 14.6. The Morgan fingerprint density at radius 3 is 0.883 bits per heavy atom. The molecule has 10 aromatic rings. The van der Waals surface area contributed by atoms with Crippen molar-refractivity contribution in [3.8, 4) is 74.9 Å². The first-order valence-electron chi connectivity index (χ1n) is 39.8. The molecule has 137 heavy (non-hydrogen) atoms. The first kappa shape index (κ1) is 114. The third-order valence-corrected chi connectivity index (χ3v) is 18.8. The summed E-state index contributed by atoms with van der Waals surface area (Å²) in [7, 11) is 19.6. The van der Waals surface area contributed by atoms with Gasteiger partial charge in [0.15, 0.2) is 24.0 Å². The molecule has 742 valence electrons. The lowest BCUT2D eigenvalue weighted by Gasteiger charge is -2.29. The number of aromatic nitrogens is 12. The fourth-order valence-corrected chi connectivity index (χ4v) is 11.9. The number of methoxy groups -OCH3 is 13. The number of aromatic amines is 1. The minimum absolute atomic E-state index is 0.000200. The van der Waals surface area contributed by atoms with Crippen LogP contribution < -0.4 is 91.1 Å². The maximum absolute atomic E-state index is 13.2. The van der Waals surface area contributed by atoms with Crippen LogP contribution in [0.1, 0.15) is 143 Å². The highest BCUT2D eigenvalue weighted by atomic mass is 35.5. The molecule has 0 saturated heterocycles. The summed E-state index contributed by atoms with van der Waals surface area (Å²) >= 11 is 22.6. The number of halogens is 4. The van der Waals surface area contributed by atoms with Crippen molar-refractivity contribution in [1.82, 2.24) is 74.5 Å². The Morgan fingerprint density at radius 2 is 0.635 bits per heavy atom. The molecule has 0 fully saturated rings. The van der Waals surface area contributed by atoms with E-state index in [9.17, 15) is 43.5 Å². The number of carbonyl (C=O) groups is 7. The number of nitrogens with two attached hydrogens (primary N) is 5. The van der Waals surface area contributed by atoms with Crippen molar-refractivity contribution in [3.05, 3.63) is 185 Å². The number of nitrogen functional groups attached to an aromatic ring is 4. The number of rotatable bonds is 29. The van der Waals surface area contributed by atoms with E-state index in [-0.39, 0.29) is 128 Å². The Hall–Kier alpha value is -15.0. The summed E-state index contributed by atoms with van der Waals surface area (Å²) in [4.78, 5) is 141.